The van der Waals surface area contributed by atoms with Crippen LogP contribution in [0.3, 0.4) is 0 Å². The Labute approximate surface area is 140 Å². The number of nitrogens with zero attached hydrogens (tertiary/aromatic N) is 4. The van der Waals surface area contributed by atoms with Crippen molar-refractivity contribution >= 4 is 5.82 Å². The molecule has 0 radical (unpaired) electrons. The minimum atomic E-state index is 0.223. The number of rotatable bonds is 4. The number of anilines is 1. The molecule has 1 saturated heterocycles. The van der Waals surface area contributed by atoms with Crippen molar-refractivity contribution in [2.75, 3.05) is 18.4 Å². The lowest BCUT2D eigenvalue weighted by Crippen LogP contribution is -2.48. The second-order valence-corrected chi connectivity index (χ2v) is 7.24. The Bertz CT molecular complexity index is 574. The van der Waals surface area contributed by atoms with E-state index in [1.54, 1.807) is 0 Å². The maximum Gasteiger partial charge on any atom is 0.167 e. The first kappa shape index (κ1) is 17.7. The molecule has 5 nitrogen and oxygen atoms in total. The summed E-state index contributed by atoms with van der Waals surface area (Å²) in [4.78, 5) is 2.51. The van der Waals surface area contributed by atoms with Crippen LogP contribution in [0.25, 0.3) is 0 Å². The zero-order valence-electron chi connectivity index (χ0n) is 15.1. The first-order chi connectivity index (χ1) is 10.9. The van der Waals surface area contributed by atoms with Crippen LogP contribution < -0.4 is 5.32 Å². The van der Waals surface area contributed by atoms with Gasteiger partial charge in [0.1, 0.15) is 11.6 Å². The Morgan fingerprint density at radius 1 is 1.17 bits per heavy atom. The summed E-state index contributed by atoms with van der Waals surface area (Å²) < 4.78 is 0. The van der Waals surface area contributed by atoms with E-state index in [4.69, 9.17) is 0 Å². The summed E-state index contributed by atoms with van der Waals surface area (Å²) in [5.41, 5.74) is 2.88. The second-order valence-electron chi connectivity index (χ2n) is 7.24. The van der Waals surface area contributed by atoms with Crippen molar-refractivity contribution in [2.24, 2.45) is 0 Å². The van der Waals surface area contributed by atoms with Gasteiger partial charge in [-0.1, -0.05) is 13.8 Å². The van der Waals surface area contributed by atoms with Gasteiger partial charge in [0.2, 0.25) is 0 Å². The van der Waals surface area contributed by atoms with Crippen molar-refractivity contribution in [1.82, 2.24) is 15.1 Å². The molecule has 0 unspecified atom stereocenters. The molecule has 2 rings (SSSR count). The lowest BCUT2D eigenvalue weighted by Gasteiger charge is -2.41. The molecule has 0 saturated carbocycles. The van der Waals surface area contributed by atoms with Crippen molar-refractivity contribution in [3.05, 3.63) is 16.8 Å². The van der Waals surface area contributed by atoms with Crippen molar-refractivity contribution in [3.8, 4) is 6.07 Å². The van der Waals surface area contributed by atoms with Gasteiger partial charge in [-0.15, -0.1) is 5.10 Å². The van der Waals surface area contributed by atoms with E-state index in [0.29, 0.717) is 17.4 Å². The smallest absolute Gasteiger partial charge is 0.167 e. The number of nitriles is 1. The summed E-state index contributed by atoms with van der Waals surface area (Å²) in [5.74, 6) is 0.663. The lowest BCUT2D eigenvalue weighted by atomic mass is 9.97. The van der Waals surface area contributed by atoms with E-state index in [2.05, 4.69) is 61.1 Å². The predicted molar refractivity (Wildman–Crippen MR) is 93.5 cm³/mol. The number of hydrogen-bond acceptors (Lipinski definition) is 5. The molecular weight excluding hydrogens is 286 g/mol. The zero-order valence-corrected chi connectivity index (χ0v) is 15.1. The van der Waals surface area contributed by atoms with Crippen LogP contribution in [0, 0.1) is 11.3 Å². The van der Waals surface area contributed by atoms with Crippen LogP contribution in [0.1, 0.15) is 64.3 Å². The first-order valence-corrected chi connectivity index (χ1v) is 8.70. The molecule has 1 aromatic heterocycles. The SMILES string of the molecule is CCc1nnc(NC2CCN(C(C)(C)C)CC2)c(C#N)c1CC. The fraction of sp³-hybridized carbons (Fsp3) is 0.722. The fourth-order valence-electron chi connectivity index (χ4n) is 3.28. The number of piperidine rings is 1. The van der Waals surface area contributed by atoms with Crippen LogP contribution in [0.15, 0.2) is 0 Å². The minimum Gasteiger partial charge on any atom is -0.365 e. The Morgan fingerprint density at radius 3 is 2.30 bits per heavy atom. The highest BCUT2D eigenvalue weighted by Gasteiger charge is 2.27. The average Bonchev–Trinajstić information content (AvgIpc) is 2.53. The van der Waals surface area contributed by atoms with E-state index >= 15 is 0 Å². The van der Waals surface area contributed by atoms with Crippen LogP contribution in [0.5, 0.6) is 0 Å². The van der Waals surface area contributed by atoms with E-state index < -0.39 is 0 Å². The molecule has 2 heterocycles. The highest BCUT2D eigenvalue weighted by atomic mass is 15.2. The summed E-state index contributed by atoms with van der Waals surface area (Å²) in [6, 6.07) is 2.70. The van der Waals surface area contributed by atoms with Gasteiger partial charge in [0.25, 0.3) is 0 Å². The topological polar surface area (TPSA) is 64.8 Å². The average molecular weight is 315 g/mol. The Balaban J connectivity index is 2.12. The van der Waals surface area contributed by atoms with E-state index in [9.17, 15) is 5.26 Å². The van der Waals surface area contributed by atoms with Gasteiger partial charge in [-0.3, -0.25) is 4.90 Å². The third-order valence-corrected chi connectivity index (χ3v) is 4.74. The summed E-state index contributed by atoms with van der Waals surface area (Å²) in [6.45, 7) is 13.1. The van der Waals surface area contributed by atoms with Gasteiger partial charge in [0.05, 0.1) is 5.69 Å². The Hall–Kier alpha value is -1.67. The highest BCUT2D eigenvalue weighted by Crippen LogP contribution is 2.25. The number of aromatic nitrogens is 2. The molecular formula is C18H29N5. The predicted octanol–water partition coefficient (Wildman–Crippen LogP) is 3.15. The molecule has 5 heteroatoms. The summed E-state index contributed by atoms with van der Waals surface area (Å²) in [6.07, 6.45) is 3.77. The lowest BCUT2D eigenvalue weighted by molar-refractivity contribution is 0.106. The maximum absolute atomic E-state index is 9.56. The zero-order chi connectivity index (χ0) is 17.0. The van der Waals surface area contributed by atoms with Gasteiger partial charge < -0.3 is 5.32 Å². The first-order valence-electron chi connectivity index (χ1n) is 8.70. The van der Waals surface area contributed by atoms with E-state index in [-0.39, 0.29) is 5.54 Å². The maximum atomic E-state index is 9.56. The van der Waals surface area contributed by atoms with Gasteiger partial charge in [-0.25, -0.2) is 0 Å². The molecule has 1 aliphatic heterocycles. The molecule has 1 aromatic rings. The number of hydrogen-bond donors (Lipinski definition) is 1. The molecule has 0 spiro atoms. The summed E-state index contributed by atoms with van der Waals surface area (Å²) in [5, 5.41) is 21.7. The van der Waals surface area contributed by atoms with Gasteiger partial charge in [0, 0.05) is 24.7 Å². The Kier molecular flexibility index (Phi) is 5.59. The normalized spacial score (nSPS) is 17.0. The second kappa shape index (κ2) is 7.27. The quantitative estimate of drug-likeness (QED) is 0.924. The molecule has 1 N–H and O–H groups in total. The van der Waals surface area contributed by atoms with E-state index in [0.717, 1.165) is 50.0 Å². The van der Waals surface area contributed by atoms with E-state index in [1.165, 1.54) is 0 Å². The molecule has 0 aromatic carbocycles. The summed E-state index contributed by atoms with van der Waals surface area (Å²) >= 11 is 0. The molecule has 0 bridgehead atoms. The minimum absolute atomic E-state index is 0.223. The third kappa shape index (κ3) is 4.00. The van der Waals surface area contributed by atoms with Gasteiger partial charge in [-0.05, 0) is 52.0 Å². The van der Waals surface area contributed by atoms with E-state index in [1.807, 2.05) is 0 Å². The molecule has 0 amide bonds. The van der Waals surface area contributed by atoms with Crippen LogP contribution >= 0.6 is 0 Å². The van der Waals surface area contributed by atoms with Crippen LogP contribution in [0.4, 0.5) is 5.82 Å². The number of likely N-dealkylation sites (tertiary alicyclic amines) is 1. The van der Waals surface area contributed by atoms with Crippen molar-refractivity contribution in [2.45, 2.75) is 71.9 Å². The van der Waals surface area contributed by atoms with Crippen molar-refractivity contribution in [1.29, 1.82) is 5.26 Å². The molecule has 0 aliphatic carbocycles. The van der Waals surface area contributed by atoms with Crippen LogP contribution in [0.2, 0.25) is 0 Å². The molecule has 23 heavy (non-hydrogen) atoms. The largest absolute Gasteiger partial charge is 0.365 e. The van der Waals surface area contributed by atoms with Gasteiger partial charge >= 0.3 is 0 Å². The number of nitrogens with one attached hydrogen (secondary N) is 1. The fourth-order valence-corrected chi connectivity index (χ4v) is 3.28. The molecule has 1 aliphatic rings. The van der Waals surface area contributed by atoms with Gasteiger partial charge in [0.15, 0.2) is 5.82 Å². The number of aryl methyl sites for hydroxylation is 1. The van der Waals surface area contributed by atoms with Crippen molar-refractivity contribution in [3.63, 3.8) is 0 Å². The van der Waals surface area contributed by atoms with Crippen molar-refractivity contribution < 1.29 is 0 Å². The third-order valence-electron chi connectivity index (χ3n) is 4.74. The summed E-state index contributed by atoms with van der Waals surface area (Å²) in [7, 11) is 0. The molecule has 0 atom stereocenters. The standard InChI is InChI=1S/C18H29N5/c1-6-14-15(12-19)17(22-21-16(14)7-2)20-13-8-10-23(11-9-13)18(3,4)5/h13H,6-11H2,1-5H3,(H,20,22). The van der Waals surface area contributed by atoms with Crippen LogP contribution in [-0.2, 0) is 12.8 Å². The highest BCUT2D eigenvalue weighted by molar-refractivity contribution is 5.57. The van der Waals surface area contributed by atoms with Crippen LogP contribution in [-0.4, -0.2) is 39.8 Å². The molecule has 126 valence electrons. The monoisotopic (exact) mass is 315 g/mol. The molecule has 1 fully saturated rings. The Morgan fingerprint density at radius 2 is 1.83 bits per heavy atom. The van der Waals surface area contributed by atoms with Gasteiger partial charge in [-0.2, -0.15) is 10.4 Å².